The van der Waals surface area contributed by atoms with E-state index in [0.717, 1.165) is 43.7 Å². The van der Waals surface area contributed by atoms with E-state index < -0.39 is 0 Å². The van der Waals surface area contributed by atoms with E-state index in [1.807, 2.05) is 34.1 Å². The second-order valence-corrected chi connectivity index (χ2v) is 6.17. The molecule has 1 N–H and O–H groups in total. The molecule has 1 atom stereocenters. The minimum absolute atomic E-state index is 0.0867. The summed E-state index contributed by atoms with van der Waals surface area (Å²) < 4.78 is 0. The molecule has 3 rings (SSSR count). The molecule has 0 saturated carbocycles. The Morgan fingerprint density at radius 2 is 2.23 bits per heavy atom. The van der Waals surface area contributed by atoms with E-state index in [1.54, 1.807) is 0 Å². The average Bonchev–Trinajstić information content (AvgIpc) is 2.92. The molecule has 0 spiro atoms. The number of likely N-dealkylation sites (tertiary alicyclic amines) is 1. The lowest BCUT2D eigenvalue weighted by Crippen LogP contribution is -2.52. The van der Waals surface area contributed by atoms with Gasteiger partial charge in [0, 0.05) is 50.7 Å². The predicted molar refractivity (Wildman–Crippen MR) is 84.5 cm³/mol. The molecule has 0 bridgehead atoms. The maximum absolute atomic E-state index is 12.7. The van der Waals surface area contributed by atoms with Gasteiger partial charge in [0.1, 0.15) is 0 Å². The zero-order chi connectivity index (χ0) is 15.5. The van der Waals surface area contributed by atoms with E-state index in [0.29, 0.717) is 13.0 Å². The standard InChI is InChI=1S/C17H23N3O2/c1-13-11-18-7-9-20(13)17(22)15-5-2-4-14(10-15)12-19-8-3-6-16(19)21/h2,4-5,10,13,18H,3,6-9,11-12H2,1H3/t13-/m0/s1. The maximum atomic E-state index is 12.7. The molecule has 2 aliphatic rings. The van der Waals surface area contributed by atoms with Gasteiger partial charge in [-0.05, 0) is 31.0 Å². The van der Waals surface area contributed by atoms with Crippen molar-refractivity contribution in [2.75, 3.05) is 26.2 Å². The van der Waals surface area contributed by atoms with Crippen LogP contribution in [0.25, 0.3) is 0 Å². The molecule has 0 radical (unpaired) electrons. The highest BCUT2D eigenvalue weighted by atomic mass is 16.2. The first-order valence-electron chi connectivity index (χ1n) is 8.03. The number of carbonyl (C=O) groups is 2. The Morgan fingerprint density at radius 3 is 2.95 bits per heavy atom. The Hall–Kier alpha value is -1.88. The normalized spacial score (nSPS) is 22.2. The Morgan fingerprint density at radius 1 is 1.36 bits per heavy atom. The Labute approximate surface area is 131 Å². The summed E-state index contributed by atoms with van der Waals surface area (Å²) in [6, 6.07) is 7.92. The first kappa shape index (κ1) is 15.0. The third kappa shape index (κ3) is 3.14. The number of piperazine rings is 1. The summed E-state index contributed by atoms with van der Waals surface area (Å²) in [5.41, 5.74) is 1.75. The van der Waals surface area contributed by atoms with E-state index >= 15 is 0 Å². The fraction of sp³-hybridized carbons (Fsp3) is 0.529. The number of hydrogen-bond donors (Lipinski definition) is 1. The third-order valence-electron chi connectivity index (χ3n) is 4.48. The number of nitrogens with zero attached hydrogens (tertiary/aromatic N) is 2. The molecule has 118 valence electrons. The fourth-order valence-corrected chi connectivity index (χ4v) is 3.20. The van der Waals surface area contributed by atoms with Gasteiger partial charge in [-0.25, -0.2) is 0 Å². The van der Waals surface area contributed by atoms with Crippen LogP contribution >= 0.6 is 0 Å². The zero-order valence-electron chi connectivity index (χ0n) is 13.0. The predicted octanol–water partition coefficient (Wildman–Crippen LogP) is 1.24. The molecule has 2 amide bonds. The van der Waals surface area contributed by atoms with Gasteiger partial charge in [0.2, 0.25) is 5.91 Å². The van der Waals surface area contributed by atoms with Crippen molar-refractivity contribution in [1.29, 1.82) is 0 Å². The summed E-state index contributed by atoms with van der Waals surface area (Å²) in [5.74, 6) is 0.302. The number of hydrogen-bond acceptors (Lipinski definition) is 3. The van der Waals surface area contributed by atoms with Crippen LogP contribution < -0.4 is 5.32 Å². The summed E-state index contributed by atoms with van der Waals surface area (Å²) in [7, 11) is 0. The highest BCUT2D eigenvalue weighted by Gasteiger charge is 2.25. The first-order chi connectivity index (χ1) is 10.6. The molecule has 2 fully saturated rings. The van der Waals surface area contributed by atoms with E-state index in [4.69, 9.17) is 0 Å². The first-order valence-corrected chi connectivity index (χ1v) is 8.03. The van der Waals surface area contributed by atoms with Gasteiger partial charge < -0.3 is 15.1 Å². The van der Waals surface area contributed by atoms with Gasteiger partial charge >= 0.3 is 0 Å². The molecule has 2 heterocycles. The molecule has 5 heteroatoms. The van der Waals surface area contributed by atoms with Crippen LogP contribution in [0.5, 0.6) is 0 Å². The van der Waals surface area contributed by atoms with Crippen molar-refractivity contribution in [1.82, 2.24) is 15.1 Å². The SMILES string of the molecule is C[C@H]1CNCCN1C(=O)c1cccc(CN2CCCC2=O)c1. The van der Waals surface area contributed by atoms with Crippen LogP contribution in [0.2, 0.25) is 0 Å². The molecule has 0 unspecified atom stereocenters. The van der Waals surface area contributed by atoms with Crippen molar-refractivity contribution in [3.8, 4) is 0 Å². The number of rotatable bonds is 3. The van der Waals surface area contributed by atoms with E-state index in [2.05, 4.69) is 12.2 Å². The highest BCUT2D eigenvalue weighted by molar-refractivity contribution is 5.94. The second kappa shape index (κ2) is 6.48. The van der Waals surface area contributed by atoms with Crippen LogP contribution in [0.1, 0.15) is 35.7 Å². The number of amides is 2. The minimum Gasteiger partial charge on any atom is -0.338 e. The topological polar surface area (TPSA) is 52.7 Å². The molecule has 1 aromatic carbocycles. The average molecular weight is 301 g/mol. The molecule has 0 aliphatic carbocycles. The monoisotopic (exact) mass is 301 g/mol. The van der Waals surface area contributed by atoms with Crippen LogP contribution in [0.15, 0.2) is 24.3 Å². The molecule has 0 aromatic heterocycles. The van der Waals surface area contributed by atoms with Crippen LogP contribution in [0.3, 0.4) is 0 Å². The van der Waals surface area contributed by atoms with Gasteiger partial charge in [-0.1, -0.05) is 12.1 Å². The van der Waals surface area contributed by atoms with Crippen LogP contribution in [0.4, 0.5) is 0 Å². The number of carbonyl (C=O) groups excluding carboxylic acids is 2. The Kier molecular flexibility index (Phi) is 4.43. The summed E-state index contributed by atoms with van der Waals surface area (Å²) in [5, 5.41) is 3.30. The highest BCUT2D eigenvalue weighted by Crippen LogP contribution is 2.17. The van der Waals surface area contributed by atoms with Gasteiger partial charge in [-0.2, -0.15) is 0 Å². The largest absolute Gasteiger partial charge is 0.338 e. The lowest BCUT2D eigenvalue weighted by Gasteiger charge is -2.34. The number of benzene rings is 1. The molecular formula is C17H23N3O2. The lowest BCUT2D eigenvalue weighted by molar-refractivity contribution is -0.128. The number of nitrogens with one attached hydrogen (secondary N) is 1. The van der Waals surface area contributed by atoms with Crippen molar-refractivity contribution < 1.29 is 9.59 Å². The van der Waals surface area contributed by atoms with Gasteiger partial charge in [-0.3, -0.25) is 9.59 Å². The van der Waals surface area contributed by atoms with Crippen LogP contribution in [-0.2, 0) is 11.3 Å². The third-order valence-corrected chi connectivity index (χ3v) is 4.48. The molecular weight excluding hydrogens is 278 g/mol. The molecule has 22 heavy (non-hydrogen) atoms. The van der Waals surface area contributed by atoms with Crippen molar-refractivity contribution in [2.45, 2.75) is 32.4 Å². The zero-order valence-corrected chi connectivity index (χ0v) is 13.0. The summed E-state index contributed by atoms with van der Waals surface area (Å²) >= 11 is 0. The lowest BCUT2D eigenvalue weighted by atomic mass is 10.1. The van der Waals surface area contributed by atoms with E-state index in [9.17, 15) is 9.59 Å². The van der Waals surface area contributed by atoms with Gasteiger partial charge in [0.05, 0.1) is 0 Å². The van der Waals surface area contributed by atoms with Gasteiger partial charge in [0.15, 0.2) is 0 Å². The maximum Gasteiger partial charge on any atom is 0.254 e. The molecule has 2 saturated heterocycles. The summed E-state index contributed by atoms with van der Waals surface area (Å²) in [4.78, 5) is 28.2. The summed E-state index contributed by atoms with van der Waals surface area (Å²) in [6.45, 7) is 5.93. The second-order valence-electron chi connectivity index (χ2n) is 6.17. The van der Waals surface area contributed by atoms with Gasteiger partial charge in [0.25, 0.3) is 5.91 Å². The van der Waals surface area contributed by atoms with Crippen molar-refractivity contribution in [3.63, 3.8) is 0 Å². The Balaban J connectivity index is 1.72. The smallest absolute Gasteiger partial charge is 0.254 e. The van der Waals surface area contributed by atoms with E-state index in [1.165, 1.54) is 0 Å². The quantitative estimate of drug-likeness (QED) is 0.914. The Bertz CT molecular complexity index is 573. The molecule has 1 aromatic rings. The minimum atomic E-state index is 0.0867. The van der Waals surface area contributed by atoms with Gasteiger partial charge in [-0.15, -0.1) is 0 Å². The van der Waals surface area contributed by atoms with Crippen molar-refractivity contribution in [2.24, 2.45) is 0 Å². The summed E-state index contributed by atoms with van der Waals surface area (Å²) in [6.07, 6.45) is 1.59. The van der Waals surface area contributed by atoms with Crippen molar-refractivity contribution in [3.05, 3.63) is 35.4 Å². The van der Waals surface area contributed by atoms with Crippen LogP contribution in [0, 0.1) is 0 Å². The van der Waals surface area contributed by atoms with E-state index in [-0.39, 0.29) is 17.9 Å². The van der Waals surface area contributed by atoms with Crippen LogP contribution in [-0.4, -0.2) is 53.8 Å². The fourth-order valence-electron chi connectivity index (χ4n) is 3.20. The molecule has 5 nitrogen and oxygen atoms in total. The van der Waals surface area contributed by atoms with Crippen molar-refractivity contribution >= 4 is 11.8 Å². The molecule has 2 aliphatic heterocycles.